The Labute approximate surface area is 102 Å². The molecule has 17 heavy (non-hydrogen) atoms. The molecule has 1 amide bonds. The number of carbonyl (C=O) groups is 2. The smallest absolute Gasteiger partial charge is 0.410 e. The van der Waals surface area contributed by atoms with E-state index in [4.69, 9.17) is 10.5 Å². The zero-order chi connectivity index (χ0) is 13.8. The van der Waals surface area contributed by atoms with Gasteiger partial charge in [-0.3, -0.25) is 4.79 Å². The van der Waals surface area contributed by atoms with Gasteiger partial charge >= 0.3 is 12.1 Å². The largest absolute Gasteiger partial charge is 0.468 e. The van der Waals surface area contributed by atoms with Crippen LogP contribution in [-0.2, 0) is 14.3 Å². The SMILES string of the molecule is COC(=O)C(N)C(C)N(C)C(=O)OC(C)(C)C. The van der Waals surface area contributed by atoms with E-state index in [0.717, 1.165) is 0 Å². The van der Waals surface area contributed by atoms with Gasteiger partial charge in [0.1, 0.15) is 11.6 Å². The molecule has 0 saturated heterocycles. The lowest BCUT2D eigenvalue weighted by atomic mass is 10.1. The molecule has 100 valence electrons. The molecule has 0 aromatic carbocycles. The summed E-state index contributed by atoms with van der Waals surface area (Å²) in [6.45, 7) is 6.96. The lowest BCUT2D eigenvalue weighted by Gasteiger charge is -2.30. The average Bonchev–Trinajstić information content (AvgIpc) is 2.22. The first-order valence-corrected chi connectivity index (χ1v) is 5.39. The van der Waals surface area contributed by atoms with Crippen molar-refractivity contribution in [3.8, 4) is 0 Å². The van der Waals surface area contributed by atoms with Crippen molar-refractivity contribution in [2.24, 2.45) is 5.73 Å². The minimum Gasteiger partial charge on any atom is -0.468 e. The number of hydrogen-bond acceptors (Lipinski definition) is 5. The van der Waals surface area contributed by atoms with Crippen molar-refractivity contribution in [2.45, 2.75) is 45.4 Å². The Bertz CT molecular complexity index is 286. The van der Waals surface area contributed by atoms with Gasteiger partial charge in [0.15, 0.2) is 0 Å². The summed E-state index contributed by atoms with van der Waals surface area (Å²) in [6.07, 6.45) is -0.524. The van der Waals surface area contributed by atoms with E-state index in [0.29, 0.717) is 0 Å². The van der Waals surface area contributed by atoms with Crippen LogP contribution < -0.4 is 5.73 Å². The van der Waals surface area contributed by atoms with Crippen LogP contribution in [0.5, 0.6) is 0 Å². The zero-order valence-electron chi connectivity index (χ0n) is 11.3. The van der Waals surface area contributed by atoms with Crippen LogP contribution in [0, 0.1) is 0 Å². The maximum atomic E-state index is 11.7. The molecule has 0 spiro atoms. The second kappa shape index (κ2) is 5.86. The Morgan fingerprint density at radius 1 is 1.29 bits per heavy atom. The number of ether oxygens (including phenoxy) is 2. The monoisotopic (exact) mass is 246 g/mol. The van der Waals surface area contributed by atoms with Crippen LogP contribution in [0.4, 0.5) is 4.79 Å². The minimum absolute atomic E-state index is 0.503. The molecule has 2 unspecified atom stereocenters. The fourth-order valence-corrected chi connectivity index (χ4v) is 1.07. The average molecular weight is 246 g/mol. The number of hydrogen-bond donors (Lipinski definition) is 1. The Kier molecular flexibility index (Phi) is 5.41. The molecule has 0 aliphatic heterocycles. The van der Waals surface area contributed by atoms with Crippen molar-refractivity contribution in [3.63, 3.8) is 0 Å². The topological polar surface area (TPSA) is 81.9 Å². The van der Waals surface area contributed by atoms with E-state index in [1.807, 2.05) is 0 Å². The fourth-order valence-electron chi connectivity index (χ4n) is 1.07. The second-order valence-corrected chi connectivity index (χ2v) is 4.88. The molecular weight excluding hydrogens is 224 g/mol. The molecule has 0 radical (unpaired) electrons. The first-order valence-electron chi connectivity index (χ1n) is 5.39. The van der Waals surface area contributed by atoms with Gasteiger partial charge in [-0.15, -0.1) is 0 Å². The molecule has 2 N–H and O–H groups in total. The Morgan fingerprint density at radius 3 is 2.12 bits per heavy atom. The van der Waals surface area contributed by atoms with Gasteiger partial charge in [0, 0.05) is 7.05 Å². The predicted octanol–water partition coefficient (Wildman–Crippen LogP) is 0.742. The van der Waals surface area contributed by atoms with Gasteiger partial charge in [0.05, 0.1) is 13.2 Å². The van der Waals surface area contributed by atoms with Gasteiger partial charge in [-0.05, 0) is 27.7 Å². The summed E-state index contributed by atoms with van der Waals surface area (Å²) < 4.78 is 9.68. The van der Waals surface area contributed by atoms with Crippen LogP contribution in [0.15, 0.2) is 0 Å². The standard InChI is InChI=1S/C11H22N2O4/c1-7(8(12)9(14)16-6)13(5)10(15)17-11(2,3)4/h7-8H,12H2,1-6H3. The molecule has 0 aromatic heterocycles. The summed E-state index contributed by atoms with van der Waals surface area (Å²) in [7, 11) is 2.78. The normalized spacial score (nSPS) is 14.8. The van der Waals surface area contributed by atoms with Gasteiger partial charge in [-0.2, -0.15) is 0 Å². The van der Waals surface area contributed by atoms with E-state index >= 15 is 0 Å². The summed E-state index contributed by atoms with van der Waals surface area (Å²) in [5.41, 5.74) is 5.07. The lowest BCUT2D eigenvalue weighted by Crippen LogP contribution is -2.52. The van der Waals surface area contributed by atoms with E-state index < -0.39 is 29.7 Å². The molecule has 0 saturated carbocycles. The molecule has 0 bridgehead atoms. The summed E-state index contributed by atoms with van der Waals surface area (Å²) >= 11 is 0. The van der Waals surface area contributed by atoms with Crippen molar-refractivity contribution < 1.29 is 19.1 Å². The van der Waals surface area contributed by atoms with E-state index in [9.17, 15) is 9.59 Å². The van der Waals surface area contributed by atoms with E-state index in [1.54, 1.807) is 27.7 Å². The first kappa shape index (κ1) is 15.7. The summed E-state index contributed by atoms with van der Waals surface area (Å²) in [5, 5.41) is 0. The third kappa shape index (κ3) is 5.04. The van der Waals surface area contributed by atoms with Gasteiger partial charge in [0.25, 0.3) is 0 Å². The number of likely N-dealkylation sites (N-methyl/N-ethyl adjacent to an activating group) is 1. The van der Waals surface area contributed by atoms with Crippen molar-refractivity contribution in [2.75, 3.05) is 14.2 Å². The molecule has 6 heteroatoms. The predicted molar refractivity (Wildman–Crippen MR) is 63.5 cm³/mol. The van der Waals surface area contributed by atoms with Crippen LogP contribution in [0.2, 0.25) is 0 Å². The number of methoxy groups -OCH3 is 1. The molecule has 0 rings (SSSR count). The van der Waals surface area contributed by atoms with Crippen LogP contribution in [0.1, 0.15) is 27.7 Å². The second-order valence-electron chi connectivity index (χ2n) is 4.88. The van der Waals surface area contributed by atoms with Crippen LogP contribution in [-0.4, -0.2) is 48.8 Å². The summed E-state index contributed by atoms with van der Waals surface area (Å²) in [5.74, 6) is -0.562. The molecule has 6 nitrogen and oxygen atoms in total. The number of nitrogens with two attached hydrogens (primary N) is 1. The van der Waals surface area contributed by atoms with Gasteiger partial charge in [-0.1, -0.05) is 0 Å². The third-order valence-electron chi connectivity index (χ3n) is 2.29. The van der Waals surface area contributed by atoms with Gasteiger partial charge in [0.2, 0.25) is 0 Å². The molecule has 0 fully saturated rings. The van der Waals surface area contributed by atoms with Crippen LogP contribution in [0.3, 0.4) is 0 Å². The Morgan fingerprint density at radius 2 is 1.76 bits per heavy atom. The quantitative estimate of drug-likeness (QED) is 0.743. The highest BCUT2D eigenvalue weighted by Gasteiger charge is 2.30. The number of amides is 1. The highest BCUT2D eigenvalue weighted by Crippen LogP contribution is 2.11. The molecule has 0 aromatic rings. The lowest BCUT2D eigenvalue weighted by molar-refractivity contribution is -0.143. The molecule has 0 aliphatic carbocycles. The first-order chi connectivity index (χ1) is 7.60. The highest BCUT2D eigenvalue weighted by atomic mass is 16.6. The number of carbonyl (C=O) groups excluding carboxylic acids is 2. The summed E-state index contributed by atoms with van der Waals surface area (Å²) in [4.78, 5) is 24.2. The number of rotatable bonds is 3. The van der Waals surface area contributed by atoms with E-state index in [-0.39, 0.29) is 0 Å². The van der Waals surface area contributed by atoms with Gasteiger partial charge in [-0.25, -0.2) is 4.79 Å². The Hall–Kier alpha value is -1.30. The summed E-state index contributed by atoms with van der Waals surface area (Å²) in [6, 6.07) is -1.39. The van der Waals surface area contributed by atoms with Crippen molar-refractivity contribution in [3.05, 3.63) is 0 Å². The van der Waals surface area contributed by atoms with E-state index in [2.05, 4.69) is 4.74 Å². The van der Waals surface area contributed by atoms with Crippen LogP contribution >= 0.6 is 0 Å². The molecule has 0 heterocycles. The minimum atomic E-state index is -0.891. The Balaban J connectivity index is 4.54. The molecular formula is C11H22N2O4. The fraction of sp³-hybridized carbons (Fsp3) is 0.818. The van der Waals surface area contributed by atoms with Crippen molar-refractivity contribution in [1.82, 2.24) is 4.90 Å². The maximum Gasteiger partial charge on any atom is 0.410 e. The van der Waals surface area contributed by atoms with Gasteiger partial charge < -0.3 is 20.1 Å². The van der Waals surface area contributed by atoms with E-state index in [1.165, 1.54) is 19.1 Å². The van der Waals surface area contributed by atoms with Crippen molar-refractivity contribution >= 4 is 12.1 Å². The zero-order valence-corrected chi connectivity index (χ0v) is 11.3. The third-order valence-corrected chi connectivity index (χ3v) is 2.29. The van der Waals surface area contributed by atoms with Crippen molar-refractivity contribution in [1.29, 1.82) is 0 Å². The maximum absolute atomic E-state index is 11.7. The molecule has 0 aliphatic rings. The van der Waals surface area contributed by atoms with Crippen LogP contribution in [0.25, 0.3) is 0 Å². The number of esters is 1. The number of nitrogens with zero attached hydrogens (tertiary/aromatic N) is 1. The highest BCUT2D eigenvalue weighted by molar-refractivity contribution is 5.77. The molecule has 2 atom stereocenters.